The second kappa shape index (κ2) is 8.34. The zero-order valence-corrected chi connectivity index (χ0v) is 16.4. The summed E-state index contributed by atoms with van der Waals surface area (Å²) in [7, 11) is 0. The van der Waals surface area contributed by atoms with Gasteiger partial charge in [0.25, 0.3) is 5.56 Å². The minimum absolute atomic E-state index is 0.159. The largest absolute Gasteiger partial charge is 0.322 e. The highest BCUT2D eigenvalue weighted by Crippen LogP contribution is 2.21. The van der Waals surface area contributed by atoms with Crippen molar-refractivity contribution < 1.29 is 13.6 Å². The topological polar surface area (TPSA) is 64.0 Å². The van der Waals surface area contributed by atoms with E-state index in [1.165, 1.54) is 6.07 Å². The number of carbonyl (C=O) groups is 1. The summed E-state index contributed by atoms with van der Waals surface area (Å²) < 4.78 is 28.1. The molecule has 1 heterocycles. The molecule has 150 valence electrons. The average molecular weight is 397 g/mol. The Kier molecular flexibility index (Phi) is 5.87. The summed E-state index contributed by atoms with van der Waals surface area (Å²) in [6.45, 7) is 5.70. The van der Waals surface area contributed by atoms with E-state index in [0.29, 0.717) is 11.8 Å². The third-order valence-corrected chi connectivity index (χ3v) is 4.80. The first-order valence-electron chi connectivity index (χ1n) is 9.23. The highest BCUT2D eigenvalue weighted by Gasteiger charge is 2.22. The molecule has 3 rings (SSSR count). The van der Waals surface area contributed by atoms with Crippen molar-refractivity contribution in [3.8, 4) is 11.3 Å². The molecule has 0 saturated carbocycles. The van der Waals surface area contributed by atoms with Crippen LogP contribution >= 0.6 is 0 Å². The number of halogens is 2. The second-order valence-corrected chi connectivity index (χ2v) is 6.84. The lowest BCUT2D eigenvalue weighted by Crippen LogP contribution is -2.34. The van der Waals surface area contributed by atoms with Crippen LogP contribution in [0, 0.1) is 25.5 Å². The number of aromatic nitrogens is 2. The van der Waals surface area contributed by atoms with Crippen LogP contribution in [0.4, 0.5) is 14.5 Å². The Morgan fingerprint density at radius 3 is 2.48 bits per heavy atom. The van der Waals surface area contributed by atoms with Crippen LogP contribution in [0.25, 0.3) is 11.3 Å². The minimum Gasteiger partial charge on any atom is -0.322 e. The maximum atomic E-state index is 13.9. The molecule has 0 radical (unpaired) electrons. The van der Waals surface area contributed by atoms with E-state index < -0.39 is 29.1 Å². The zero-order valence-electron chi connectivity index (χ0n) is 16.4. The molecule has 1 amide bonds. The molecule has 29 heavy (non-hydrogen) atoms. The number of aryl methyl sites for hydroxylation is 2. The first kappa shape index (κ1) is 20.4. The van der Waals surface area contributed by atoms with Crippen molar-refractivity contribution in [3.05, 3.63) is 81.6 Å². The van der Waals surface area contributed by atoms with Gasteiger partial charge in [0.15, 0.2) is 0 Å². The SMILES string of the molecule is CC[C@H](C(=O)Nc1ccc(F)cc1F)n1nc(-c2ccc(C)c(C)c2)ccc1=O. The van der Waals surface area contributed by atoms with Gasteiger partial charge in [-0.25, -0.2) is 13.5 Å². The van der Waals surface area contributed by atoms with Crippen molar-refractivity contribution in [1.29, 1.82) is 0 Å². The first-order chi connectivity index (χ1) is 13.8. The van der Waals surface area contributed by atoms with E-state index >= 15 is 0 Å². The standard InChI is InChI=1S/C22H21F2N3O2/c1-4-20(22(29)25-19-8-7-16(23)12-17(19)24)27-21(28)10-9-18(26-27)15-6-5-13(2)14(3)11-15/h5-12,20H,4H2,1-3H3,(H,25,29)/t20-/m1/s1. The van der Waals surface area contributed by atoms with E-state index in [2.05, 4.69) is 10.4 Å². The van der Waals surface area contributed by atoms with Crippen molar-refractivity contribution in [3.63, 3.8) is 0 Å². The Morgan fingerprint density at radius 1 is 1.07 bits per heavy atom. The fourth-order valence-corrected chi connectivity index (χ4v) is 2.98. The molecule has 0 fully saturated rings. The summed E-state index contributed by atoms with van der Waals surface area (Å²) >= 11 is 0. The van der Waals surface area contributed by atoms with Crippen LogP contribution in [-0.4, -0.2) is 15.7 Å². The van der Waals surface area contributed by atoms with E-state index in [-0.39, 0.29) is 12.1 Å². The van der Waals surface area contributed by atoms with Gasteiger partial charge in [-0.05, 0) is 55.7 Å². The van der Waals surface area contributed by atoms with Gasteiger partial charge in [-0.1, -0.05) is 19.1 Å². The summed E-state index contributed by atoms with van der Waals surface area (Å²) in [5, 5.41) is 6.78. The number of nitrogens with zero attached hydrogens (tertiary/aromatic N) is 2. The molecule has 0 aliphatic carbocycles. The van der Waals surface area contributed by atoms with Gasteiger partial charge < -0.3 is 5.32 Å². The number of rotatable bonds is 5. The van der Waals surface area contributed by atoms with Gasteiger partial charge in [-0.2, -0.15) is 5.10 Å². The number of benzene rings is 2. The second-order valence-electron chi connectivity index (χ2n) is 6.84. The van der Waals surface area contributed by atoms with Crippen LogP contribution in [0.2, 0.25) is 0 Å². The van der Waals surface area contributed by atoms with Gasteiger partial charge >= 0.3 is 0 Å². The molecule has 0 saturated heterocycles. The Morgan fingerprint density at radius 2 is 1.83 bits per heavy atom. The Hall–Kier alpha value is -3.35. The summed E-state index contributed by atoms with van der Waals surface area (Å²) in [5.41, 5.74) is 2.98. The molecule has 5 nitrogen and oxygen atoms in total. The van der Waals surface area contributed by atoms with Gasteiger partial charge in [-0.15, -0.1) is 0 Å². The van der Waals surface area contributed by atoms with Gasteiger partial charge in [0.1, 0.15) is 17.7 Å². The summed E-state index contributed by atoms with van der Waals surface area (Å²) in [5.74, 6) is -2.24. The van der Waals surface area contributed by atoms with Crippen molar-refractivity contribution in [1.82, 2.24) is 9.78 Å². The third-order valence-electron chi connectivity index (χ3n) is 4.80. The number of hydrogen-bond donors (Lipinski definition) is 1. The molecule has 0 spiro atoms. The van der Waals surface area contributed by atoms with Gasteiger partial charge in [0.2, 0.25) is 5.91 Å². The molecule has 0 aliphatic heterocycles. The van der Waals surface area contributed by atoms with Crippen LogP contribution in [0.1, 0.15) is 30.5 Å². The molecule has 3 aromatic rings. The fourth-order valence-electron chi connectivity index (χ4n) is 2.98. The third kappa shape index (κ3) is 4.39. The normalized spacial score (nSPS) is 11.9. The lowest BCUT2D eigenvalue weighted by atomic mass is 10.0. The lowest BCUT2D eigenvalue weighted by molar-refractivity contribution is -0.119. The van der Waals surface area contributed by atoms with Crippen LogP contribution in [0.3, 0.4) is 0 Å². The molecule has 7 heteroatoms. The van der Waals surface area contributed by atoms with Gasteiger partial charge in [-0.3, -0.25) is 9.59 Å². The molecule has 1 N–H and O–H groups in total. The lowest BCUT2D eigenvalue weighted by Gasteiger charge is -2.18. The molecule has 1 aromatic heterocycles. The van der Waals surface area contributed by atoms with E-state index in [1.807, 2.05) is 32.0 Å². The number of amides is 1. The van der Waals surface area contributed by atoms with Crippen molar-refractivity contribution in [2.75, 3.05) is 5.32 Å². The quantitative estimate of drug-likeness (QED) is 0.694. The molecule has 0 unspecified atom stereocenters. The van der Waals surface area contributed by atoms with Crippen molar-refractivity contribution in [2.24, 2.45) is 0 Å². The van der Waals surface area contributed by atoms with E-state index in [4.69, 9.17) is 0 Å². The van der Waals surface area contributed by atoms with Crippen molar-refractivity contribution in [2.45, 2.75) is 33.2 Å². The molecular weight excluding hydrogens is 376 g/mol. The molecule has 1 atom stereocenters. The molecule has 2 aromatic carbocycles. The first-order valence-corrected chi connectivity index (χ1v) is 9.23. The number of nitrogens with one attached hydrogen (secondary N) is 1. The Bertz CT molecular complexity index is 1130. The zero-order chi connectivity index (χ0) is 21.1. The Labute approximate surface area is 167 Å². The van der Waals surface area contributed by atoms with Gasteiger partial charge in [0, 0.05) is 17.7 Å². The molecule has 0 bridgehead atoms. The monoisotopic (exact) mass is 397 g/mol. The number of anilines is 1. The van der Waals surface area contributed by atoms with Crippen LogP contribution in [-0.2, 0) is 4.79 Å². The average Bonchev–Trinajstić information content (AvgIpc) is 2.68. The Balaban J connectivity index is 1.95. The van der Waals surface area contributed by atoms with E-state index in [1.54, 1.807) is 13.0 Å². The number of hydrogen-bond acceptors (Lipinski definition) is 3. The van der Waals surface area contributed by atoms with E-state index in [0.717, 1.165) is 33.5 Å². The maximum Gasteiger partial charge on any atom is 0.267 e. The fraction of sp³-hybridized carbons (Fsp3) is 0.227. The predicted molar refractivity (Wildman–Crippen MR) is 108 cm³/mol. The van der Waals surface area contributed by atoms with Crippen molar-refractivity contribution >= 4 is 11.6 Å². The van der Waals surface area contributed by atoms with Crippen LogP contribution in [0.5, 0.6) is 0 Å². The summed E-state index contributed by atoms with van der Waals surface area (Å²) in [6, 6.07) is 10.7. The minimum atomic E-state index is -0.946. The molecular formula is C22H21F2N3O2. The highest BCUT2D eigenvalue weighted by molar-refractivity contribution is 5.93. The highest BCUT2D eigenvalue weighted by atomic mass is 19.1. The number of carbonyl (C=O) groups excluding carboxylic acids is 1. The summed E-state index contributed by atoms with van der Waals surface area (Å²) in [6.07, 6.45) is 0.262. The smallest absolute Gasteiger partial charge is 0.267 e. The summed E-state index contributed by atoms with van der Waals surface area (Å²) in [4.78, 5) is 25.1. The van der Waals surface area contributed by atoms with Gasteiger partial charge in [0.05, 0.1) is 11.4 Å². The molecule has 0 aliphatic rings. The predicted octanol–water partition coefficient (Wildman–Crippen LogP) is 4.40. The van der Waals surface area contributed by atoms with E-state index in [9.17, 15) is 18.4 Å². The van der Waals surface area contributed by atoms with Crippen LogP contribution < -0.4 is 10.9 Å². The maximum absolute atomic E-state index is 13.9. The van der Waals surface area contributed by atoms with Crippen LogP contribution in [0.15, 0.2) is 53.3 Å².